The van der Waals surface area contributed by atoms with E-state index < -0.39 is 0 Å². The van der Waals surface area contributed by atoms with Crippen molar-refractivity contribution in [2.75, 3.05) is 11.9 Å². The summed E-state index contributed by atoms with van der Waals surface area (Å²) in [4.78, 5) is 23.4. The molecule has 1 aliphatic heterocycles. The summed E-state index contributed by atoms with van der Waals surface area (Å²) in [7, 11) is 0. The molecule has 0 fully saturated rings. The van der Waals surface area contributed by atoms with E-state index in [1.807, 2.05) is 24.3 Å². The molecular weight excluding hydrogens is 340 g/mol. The molecule has 1 unspecified atom stereocenters. The molecule has 0 saturated heterocycles. The molecule has 0 radical (unpaired) electrons. The van der Waals surface area contributed by atoms with E-state index in [9.17, 15) is 9.59 Å². The van der Waals surface area contributed by atoms with Crippen molar-refractivity contribution in [2.45, 2.75) is 25.8 Å². The van der Waals surface area contributed by atoms with Crippen LogP contribution in [0.4, 0.5) is 5.69 Å². The third-order valence-electron chi connectivity index (χ3n) is 3.99. The first-order valence-electron chi connectivity index (χ1n) is 8.09. The Morgan fingerprint density at radius 3 is 2.68 bits per heavy atom. The monoisotopic (exact) mass is 358 g/mol. The molecule has 5 nitrogen and oxygen atoms in total. The zero-order valence-electron chi connectivity index (χ0n) is 13.8. The Bertz CT molecular complexity index is 790. The molecule has 6 heteroatoms. The van der Waals surface area contributed by atoms with Gasteiger partial charge >= 0.3 is 0 Å². The van der Waals surface area contributed by atoms with Crippen molar-refractivity contribution in [1.29, 1.82) is 0 Å². The smallest absolute Gasteiger partial charge is 0.224 e. The molecule has 0 aromatic heterocycles. The molecule has 25 heavy (non-hydrogen) atoms. The normalized spacial score (nSPS) is 15.7. The van der Waals surface area contributed by atoms with Gasteiger partial charge in [-0.3, -0.25) is 9.59 Å². The summed E-state index contributed by atoms with van der Waals surface area (Å²) in [6.07, 6.45) is 0.980. The van der Waals surface area contributed by atoms with Crippen LogP contribution in [0.15, 0.2) is 42.5 Å². The highest BCUT2D eigenvalue weighted by molar-refractivity contribution is 6.30. The molecule has 0 spiro atoms. The predicted molar refractivity (Wildman–Crippen MR) is 96.9 cm³/mol. The van der Waals surface area contributed by atoms with E-state index in [2.05, 4.69) is 10.6 Å². The topological polar surface area (TPSA) is 67.4 Å². The van der Waals surface area contributed by atoms with Crippen LogP contribution in [0, 0.1) is 0 Å². The van der Waals surface area contributed by atoms with Gasteiger partial charge < -0.3 is 15.4 Å². The van der Waals surface area contributed by atoms with Gasteiger partial charge in [-0.05, 0) is 35.9 Å². The molecular formula is C19H19ClN2O3. The lowest BCUT2D eigenvalue weighted by Crippen LogP contribution is -2.33. The Kier molecular flexibility index (Phi) is 5.24. The number of ether oxygens (including phenoxy) is 1. The van der Waals surface area contributed by atoms with Crippen LogP contribution in [-0.4, -0.2) is 18.4 Å². The number of fused-ring (bicyclic) bond motifs is 1. The number of carbonyl (C=O) groups is 2. The molecule has 0 saturated carbocycles. The average molecular weight is 359 g/mol. The highest BCUT2D eigenvalue weighted by atomic mass is 35.5. The van der Waals surface area contributed by atoms with Crippen molar-refractivity contribution >= 4 is 29.1 Å². The number of carbonyl (C=O) groups excluding carboxylic acids is 2. The number of hydrogen-bond donors (Lipinski definition) is 2. The second-order valence-corrected chi connectivity index (χ2v) is 6.43. The molecule has 2 amide bonds. The molecule has 2 aromatic rings. The van der Waals surface area contributed by atoms with Crippen LogP contribution < -0.4 is 15.4 Å². The minimum absolute atomic E-state index is 0.0647. The molecule has 0 aliphatic carbocycles. The fourth-order valence-electron chi connectivity index (χ4n) is 2.86. The summed E-state index contributed by atoms with van der Waals surface area (Å²) >= 11 is 6.06. The fraction of sp³-hybridized carbons (Fsp3) is 0.263. The van der Waals surface area contributed by atoms with Crippen molar-refractivity contribution in [3.63, 3.8) is 0 Å². The average Bonchev–Trinajstić information content (AvgIpc) is 2.57. The standard InChI is InChI=1S/C19H19ClN2O3/c1-12(23)21-15-5-2-13(3-6-15)10-19(24)22-17-8-9-25-18-7-4-14(20)11-16(17)18/h2-7,11,17H,8-10H2,1H3,(H,21,23)(H,22,24). The Labute approximate surface area is 151 Å². The maximum atomic E-state index is 12.4. The predicted octanol–water partition coefficient (Wildman–Crippen LogP) is 3.48. The lowest BCUT2D eigenvalue weighted by atomic mass is 10.00. The Morgan fingerprint density at radius 1 is 1.20 bits per heavy atom. The third kappa shape index (κ3) is 4.51. The van der Waals surface area contributed by atoms with E-state index in [1.165, 1.54) is 6.92 Å². The van der Waals surface area contributed by atoms with Crippen LogP contribution in [0.5, 0.6) is 5.75 Å². The molecule has 1 aliphatic rings. The van der Waals surface area contributed by atoms with Crippen LogP contribution in [0.1, 0.15) is 30.5 Å². The number of rotatable bonds is 4. The summed E-state index contributed by atoms with van der Waals surface area (Å²) in [6.45, 7) is 2.02. The van der Waals surface area contributed by atoms with Crippen LogP contribution in [0.25, 0.3) is 0 Å². The second-order valence-electron chi connectivity index (χ2n) is 5.99. The summed E-state index contributed by atoms with van der Waals surface area (Å²) in [5.41, 5.74) is 2.50. The third-order valence-corrected chi connectivity index (χ3v) is 4.22. The van der Waals surface area contributed by atoms with Gasteiger partial charge in [0.05, 0.1) is 19.1 Å². The van der Waals surface area contributed by atoms with Crippen LogP contribution in [-0.2, 0) is 16.0 Å². The SMILES string of the molecule is CC(=O)Nc1ccc(CC(=O)NC2CCOc3ccc(Cl)cc32)cc1. The van der Waals surface area contributed by atoms with Gasteiger partial charge in [0.1, 0.15) is 5.75 Å². The largest absolute Gasteiger partial charge is 0.493 e. The lowest BCUT2D eigenvalue weighted by molar-refractivity contribution is -0.121. The summed E-state index contributed by atoms with van der Waals surface area (Å²) in [5, 5.41) is 6.37. The highest BCUT2D eigenvalue weighted by Gasteiger charge is 2.23. The minimum atomic E-state index is -0.123. The van der Waals surface area contributed by atoms with E-state index in [4.69, 9.17) is 16.3 Å². The van der Waals surface area contributed by atoms with Crippen LogP contribution in [0.3, 0.4) is 0 Å². The first kappa shape index (κ1) is 17.3. The number of anilines is 1. The Balaban J connectivity index is 1.64. The molecule has 0 bridgehead atoms. The molecule has 1 heterocycles. The van der Waals surface area contributed by atoms with Gasteiger partial charge in [0.15, 0.2) is 0 Å². The quantitative estimate of drug-likeness (QED) is 0.879. The molecule has 2 N–H and O–H groups in total. The van der Waals surface area contributed by atoms with Gasteiger partial charge in [0.25, 0.3) is 0 Å². The van der Waals surface area contributed by atoms with E-state index in [-0.39, 0.29) is 24.3 Å². The number of hydrogen-bond acceptors (Lipinski definition) is 3. The number of halogens is 1. The van der Waals surface area contributed by atoms with Gasteiger partial charge in [-0.1, -0.05) is 23.7 Å². The molecule has 130 valence electrons. The lowest BCUT2D eigenvalue weighted by Gasteiger charge is -2.27. The first-order valence-corrected chi connectivity index (χ1v) is 8.47. The summed E-state index contributed by atoms with van der Waals surface area (Å²) in [5.74, 6) is 0.577. The van der Waals surface area contributed by atoms with Gasteiger partial charge in [-0.2, -0.15) is 0 Å². The second kappa shape index (κ2) is 7.57. The number of nitrogens with one attached hydrogen (secondary N) is 2. The van der Waals surface area contributed by atoms with Crippen LogP contribution >= 0.6 is 11.6 Å². The summed E-state index contributed by atoms with van der Waals surface area (Å²) in [6, 6.07) is 12.6. The van der Waals surface area contributed by atoms with Crippen molar-refractivity contribution in [1.82, 2.24) is 5.32 Å². The number of benzene rings is 2. The maximum absolute atomic E-state index is 12.4. The van der Waals surface area contributed by atoms with Crippen LogP contribution in [0.2, 0.25) is 5.02 Å². The highest BCUT2D eigenvalue weighted by Crippen LogP contribution is 2.34. The van der Waals surface area contributed by atoms with Crippen molar-refractivity contribution in [2.24, 2.45) is 0 Å². The van der Waals surface area contributed by atoms with E-state index in [0.29, 0.717) is 23.7 Å². The van der Waals surface area contributed by atoms with Crippen molar-refractivity contribution < 1.29 is 14.3 Å². The maximum Gasteiger partial charge on any atom is 0.224 e. The number of amides is 2. The van der Waals surface area contributed by atoms with Gasteiger partial charge in [0, 0.05) is 29.6 Å². The van der Waals surface area contributed by atoms with Crippen molar-refractivity contribution in [3.8, 4) is 5.75 Å². The fourth-order valence-corrected chi connectivity index (χ4v) is 3.04. The summed E-state index contributed by atoms with van der Waals surface area (Å²) < 4.78 is 5.61. The van der Waals surface area contributed by atoms with E-state index in [1.54, 1.807) is 18.2 Å². The van der Waals surface area contributed by atoms with Crippen molar-refractivity contribution in [3.05, 3.63) is 58.6 Å². The van der Waals surface area contributed by atoms with Gasteiger partial charge in [0.2, 0.25) is 11.8 Å². The Morgan fingerprint density at radius 2 is 1.96 bits per heavy atom. The molecule has 2 aromatic carbocycles. The zero-order chi connectivity index (χ0) is 17.8. The van der Waals surface area contributed by atoms with E-state index in [0.717, 1.165) is 16.9 Å². The van der Waals surface area contributed by atoms with E-state index >= 15 is 0 Å². The first-order chi connectivity index (χ1) is 12.0. The molecule has 3 rings (SSSR count). The van der Waals surface area contributed by atoms with Gasteiger partial charge in [-0.25, -0.2) is 0 Å². The van der Waals surface area contributed by atoms with Gasteiger partial charge in [-0.15, -0.1) is 0 Å². The zero-order valence-corrected chi connectivity index (χ0v) is 14.6. The minimum Gasteiger partial charge on any atom is -0.493 e. The molecule has 1 atom stereocenters. The Hall–Kier alpha value is -2.53.